The third-order valence-corrected chi connectivity index (χ3v) is 3.86. The maximum absolute atomic E-state index is 11.8. The van der Waals surface area contributed by atoms with Crippen LogP contribution in [0.1, 0.15) is 39.5 Å². The predicted octanol–water partition coefficient (Wildman–Crippen LogP) is 4.20. The zero-order valence-electron chi connectivity index (χ0n) is 13.0. The van der Waals surface area contributed by atoms with E-state index in [0.717, 1.165) is 24.4 Å². The fraction of sp³-hybridized carbons (Fsp3) is 0.444. The maximum atomic E-state index is 11.8. The summed E-state index contributed by atoms with van der Waals surface area (Å²) in [5.74, 6) is 0.576. The van der Waals surface area contributed by atoms with Crippen LogP contribution in [0.5, 0.6) is 0 Å². The van der Waals surface area contributed by atoms with Crippen LogP contribution in [-0.2, 0) is 4.79 Å². The first kappa shape index (κ1) is 15.5. The van der Waals surface area contributed by atoms with Crippen molar-refractivity contribution < 1.29 is 4.79 Å². The summed E-state index contributed by atoms with van der Waals surface area (Å²) in [7, 11) is 0. The van der Waals surface area contributed by atoms with Gasteiger partial charge in [-0.15, -0.1) is 0 Å². The second-order valence-corrected chi connectivity index (χ2v) is 5.47. The first-order chi connectivity index (χ1) is 10.2. The van der Waals surface area contributed by atoms with Crippen molar-refractivity contribution >= 4 is 17.3 Å². The Balaban J connectivity index is 2.08. The van der Waals surface area contributed by atoms with E-state index in [1.165, 1.54) is 19.3 Å². The normalized spacial score (nSPS) is 18.0. The van der Waals surface area contributed by atoms with E-state index in [0.29, 0.717) is 5.92 Å². The summed E-state index contributed by atoms with van der Waals surface area (Å²) in [5, 5.41) is 0. The molecule has 0 aliphatic carbocycles. The lowest BCUT2D eigenvalue weighted by Gasteiger charge is -2.17. The minimum atomic E-state index is 0.0150. The van der Waals surface area contributed by atoms with Crippen LogP contribution in [0, 0.1) is 5.92 Å². The van der Waals surface area contributed by atoms with E-state index in [9.17, 15) is 4.79 Å². The molecule has 3 heteroatoms. The third kappa shape index (κ3) is 4.28. The largest absolute Gasteiger partial charge is 0.289 e. The number of nitrogens with zero attached hydrogens (tertiary/aromatic N) is 2. The van der Waals surface area contributed by atoms with Gasteiger partial charge in [-0.1, -0.05) is 38.0 Å². The molecule has 0 spiro atoms. The van der Waals surface area contributed by atoms with Crippen LogP contribution in [0.3, 0.4) is 0 Å². The van der Waals surface area contributed by atoms with Gasteiger partial charge in [0.25, 0.3) is 0 Å². The molecule has 0 bridgehead atoms. The van der Waals surface area contributed by atoms with Crippen LogP contribution >= 0.6 is 0 Å². The van der Waals surface area contributed by atoms with Crippen LogP contribution in [0.15, 0.2) is 47.6 Å². The lowest BCUT2D eigenvalue weighted by atomic mass is 9.96. The van der Waals surface area contributed by atoms with Gasteiger partial charge in [-0.3, -0.25) is 14.7 Å². The van der Waals surface area contributed by atoms with Crippen molar-refractivity contribution in [1.82, 2.24) is 0 Å². The highest BCUT2D eigenvalue weighted by Gasteiger charge is 2.18. The Kier molecular flexibility index (Phi) is 5.73. The van der Waals surface area contributed by atoms with Gasteiger partial charge in [0.05, 0.1) is 0 Å². The lowest BCUT2D eigenvalue weighted by molar-refractivity contribution is -0.115. The molecular formula is C18H24N2O. The molecule has 1 atom stereocenters. The first-order valence-corrected chi connectivity index (χ1v) is 7.79. The summed E-state index contributed by atoms with van der Waals surface area (Å²) in [4.78, 5) is 18.1. The molecule has 0 radical (unpaired) electrons. The molecule has 1 aliphatic heterocycles. The highest BCUT2D eigenvalue weighted by atomic mass is 16.2. The fourth-order valence-corrected chi connectivity index (χ4v) is 2.67. The van der Waals surface area contributed by atoms with Crippen molar-refractivity contribution in [3.63, 3.8) is 0 Å². The molecule has 1 aromatic rings. The number of hydrogen-bond donors (Lipinski definition) is 0. The summed E-state index contributed by atoms with van der Waals surface area (Å²) in [6.07, 6.45) is 8.68. The number of hydrogen-bond acceptors (Lipinski definition) is 2. The number of benzene rings is 1. The molecule has 0 aromatic heterocycles. The fourth-order valence-electron chi connectivity index (χ4n) is 2.67. The van der Waals surface area contributed by atoms with Crippen LogP contribution in [0.2, 0.25) is 0 Å². The zero-order chi connectivity index (χ0) is 15.1. The van der Waals surface area contributed by atoms with Crippen molar-refractivity contribution in [3.05, 3.63) is 42.6 Å². The SMILES string of the molecule is CCCCC1CCN=C1C=CN(C(C)=O)c1ccccc1. The molecule has 0 N–H and O–H groups in total. The van der Waals surface area contributed by atoms with E-state index in [1.54, 1.807) is 11.8 Å². The number of amides is 1. The molecule has 0 saturated heterocycles. The lowest BCUT2D eigenvalue weighted by Crippen LogP contribution is -2.22. The zero-order valence-corrected chi connectivity index (χ0v) is 13.0. The van der Waals surface area contributed by atoms with Gasteiger partial charge in [0, 0.05) is 37.0 Å². The van der Waals surface area contributed by atoms with Crippen molar-refractivity contribution in [2.75, 3.05) is 11.4 Å². The molecule has 1 unspecified atom stereocenters. The molecule has 3 nitrogen and oxygen atoms in total. The van der Waals surface area contributed by atoms with E-state index >= 15 is 0 Å². The highest BCUT2D eigenvalue weighted by Crippen LogP contribution is 2.22. The molecule has 1 amide bonds. The number of carbonyl (C=O) groups is 1. The number of carbonyl (C=O) groups excluding carboxylic acids is 1. The Hall–Kier alpha value is -1.90. The molecule has 2 rings (SSSR count). The van der Waals surface area contributed by atoms with Crippen molar-refractivity contribution in [2.24, 2.45) is 10.9 Å². The number of allylic oxidation sites excluding steroid dienone is 1. The molecule has 21 heavy (non-hydrogen) atoms. The van der Waals surface area contributed by atoms with Gasteiger partial charge in [0.1, 0.15) is 0 Å². The van der Waals surface area contributed by atoms with Gasteiger partial charge in [0.2, 0.25) is 5.91 Å². The van der Waals surface area contributed by atoms with Crippen molar-refractivity contribution in [1.29, 1.82) is 0 Å². The number of para-hydroxylation sites is 1. The summed E-state index contributed by atoms with van der Waals surface area (Å²) in [6, 6.07) is 9.72. The van der Waals surface area contributed by atoms with Gasteiger partial charge in [-0.2, -0.15) is 0 Å². The maximum Gasteiger partial charge on any atom is 0.227 e. The van der Waals surface area contributed by atoms with E-state index in [-0.39, 0.29) is 5.91 Å². The van der Waals surface area contributed by atoms with Crippen LogP contribution in [0.4, 0.5) is 5.69 Å². The topological polar surface area (TPSA) is 32.7 Å². The van der Waals surface area contributed by atoms with Crippen molar-refractivity contribution in [2.45, 2.75) is 39.5 Å². The molecule has 1 aromatic carbocycles. The molecule has 1 heterocycles. The molecule has 1 aliphatic rings. The smallest absolute Gasteiger partial charge is 0.227 e. The quantitative estimate of drug-likeness (QED) is 0.770. The predicted molar refractivity (Wildman–Crippen MR) is 88.7 cm³/mol. The average Bonchev–Trinajstić information content (AvgIpc) is 2.93. The molecule has 112 valence electrons. The first-order valence-electron chi connectivity index (χ1n) is 7.79. The van der Waals surface area contributed by atoms with Gasteiger partial charge in [-0.05, 0) is 31.1 Å². The Bertz CT molecular complexity index is 519. The second-order valence-electron chi connectivity index (χ2n) is 5.47. The number of unbranched alkanes of at least 4 members (excludes halogenated alkanes) is 1. The molecule has 0 fully saturated rings. The minimum Gasteiger partial charge on any atom is -0.289 e. The van der Waals surface area contributed by atoms with E-state index in [1.807, 2.05) is 42.6 Å². The van der Waals surface area contributed by atoms with Gasteiger partial charge >= 0.3 is 0 Å². The number of rotatable bonds is 6. The molecular weight excluding hydrogens is 260 g/mol. The van der Waals surface area contributed by atoms with E-state index < -0.39 is 0 Å². The Labute approximate surface area is 127 Å². The van der Waals surface area contributed by atoms with Gasteiger partial charge in [-0.25, -0.2) is 0 Å². The Morgan fingerprint density at radius 3 is 2.81 bits per heavy atom. The Morgan fingerprint density at radius 2 is 2.14 bits per heavy atom. The van der Waals surface area contributed by atoms with Crippen LogP contribution in [0.25, 0.3) is 0 Å². The number of aliphatic imine (C=N–C) groups is 1. The standard InChI is InChI=1S/C18H24N2O/c1-3-4-8-16-11-13-19-18(16)12-14-20(15(2)21)17-9-6-5-7-10-17/h5-7,9-10,12,14,16H,3-4,8,11,13H2,1-2H3. The second kappa shape index (κ2) is 7.77. The monoisotopic (exact) mass is 284 g/mol. The van der Waals surface area contributed by atoms with Crippen molar-refractivity contribution in [3.8, 4) is 0 Å². The summed E-state index contributed by atoms with van der Waals surface area (Å²) >= 11 is 0. The van der Waals surface area contributed by atoms with Gasteiger partial charge in [0.15, 0.2) is 0 Å². The summed E-state index contributed by atoms with van der Waals surface area (Å²) in [5.41, 5.74) is 2.04. The van der Waals surface area contributed by atoms with E-state index in [4.69, 9.17) is 0 Å². The van der Waals surface area contributed by atoms with Gasteiger partial charge < -0.3 is 0 Å². The average molecular weight is 284 g/mol. The highest BCUT2D eigenvalue weighted by molar-refractivity contribution is 6.00. The third-order valence-electron chi connectivity index (χ3n) is 3.86. The summed E-state index contributed by atoms with van der Waals surface area (Å²) < 4.78 is 0. The minimum absolute atomic E-state index is 0.0150. The Morgan fingerprint density at radius 1 is 1.38 bits per heavy atom. The van der Waals surface area contributed by atoms with Crippen LogP contribution < -0.4 is 4.90 Å². The summed E-state index contributed by atoms with van der Waals surface area (Å²) in [6.45, 7) is 4.72. The van der Waals surface area contributed by atoms with E-state index in [2.05, 4.69) is 11.9 Å². The van der Waals surface area contributed by atoms with Crippen LogP contribution in [-0.4, -0.2) is 18.2 Å². The molecule has 0 saturated carbocycles. The number of anilines is 1.